The number of alkyl halides is 1. The minimum Gasteiger partial charge on any atom is -0.391 e. The molecule has 0 aliphatic heterocycles. The van der Waals surface area contributed by atoms with E-state index < -0.39 is 16.1 Å². The van der Waals surface area contributed by atoms with E-state index >= 15 is 0 Å². The second-order valence-electron chi connectivity index (χ2n) is 5.16. The Hall–Kier alpha value is -0.620. The first-order valence-electron chi connectivity index (χ1n) is 6.88. The number of nitrogens with one attached hydrogen (secondary N) is 1. The first-order valence-corrected chi connectivity index (χ1v) is 8.90. The Bertz CT molecular complexity index is 530. The van der Waals surface area contributed by atoms with Crippen LogP contribution < -0.4 is 4.72 Å². The van der Waals surface area contributed by atoms with Gasteiger partial charge in [0.15, 0.2) is 0 Å². The summed E-state index contributed by atoms with van der Waals surface area (Å²) in [6, 6.07) is 6.33. The summed E-state index contributed by atoms with van der Waals surface area (Å²) in [4.78, 5) is 0.230. The van der Waals surface area contributed by atoms with Crippen LogP contribution in [0.15, 0.2) is 29.2 Å². The van der Waals surface area contributed by atoms with Crippen molar-refractivity contribution in [3.05, 3.63) is 29.8 Å². The highest BCUT2D eigenvalue weighted by Crippen LogP contribution is 2.21. The first-order chi connectivity index (χ1) is 9.53. The molecule has 1 fully saturated rings. The number of benzene rings is 1. The largest absolute Gasteiger partial charge is 0.391 e. The number of aryl methyl sites for hydroxylation is 1. The zero-order valence-corrected chi connectivity index (χ0v) is 12.8. The third kappa shape index (κ3) is 3.95. The van der Waals surface area contributed by atoms with Gasteiger partial charge in [-0.15, -0.1) is 11.6 Å². The molecule has 2 atom stereocenters. The molecule has 1 saturated carbocycles. The third-order valence-corrected chi connectivity index (χ3v) is 5.35. The maximum Gasteiger partial charge on any atom is 0.240 e. The Morgan fingerprint density at radius 3 is 2.45 bits per heavy atom. The number of rotatable bonds is 5. The summed E-state index contributed by atoms with van der Waals surface area (Å²) in [5.41, 5.74) is 1.01. The van der Waals surface area contributed by atoms with Crippen LogP contribution in [-0.2, 0) is 16.4 Å². The molecule has 0 heterocycles. The second kappa shape index (κ2) is 6.89. The SMILES string of the molecule is O=S(=O)(NC1CCCCC1O)c1ccc(CCCl)cc1. The standard InChI is InChI=1S/C14H20ClNO3S/c15-10-9-11-5-7-12(8-6-11)20(18,19)16-13-3-1-2-4-14(13)17/h5-8,13-14,16-17H,1-4,9-10H2. The summed E-state index contributed by atoms with van der Waals surface area (Å²) in [6.07, 6.45) is 3.36. The molecule has 112 valence electrons. The highest BCUT2D eigenvalue weighted by atomic mass is 35.5. The van der Waals surface area contributed by atoms with Crippen LogP contribution >= 0.6 is 11.6 Å². The van der Waals surface area contributed by atoms with Crippen LogP contribution in [-0.4, -0.2) is 31.6 Å². The highest BCUT2D eigenvalue weighted by molar-refractivity contribution is 7.89. The van der Waals surface area contributed by atoms with Gasteiger partial charge in [0.25, 0.3) is 0 Å². The van der Waals surface area contributed by atoms with Gasteiger partial charge in [-0.05, 0) is 37.0 Å². The van der Waals surface area contributed by atoms with Gasteiger partial charge in [0, 0.05) is 11.9 Å². The van der Waals surface area contributed by atoms with Gasteiger partial charge in [-0.2, -0.15) is 0 Å². The molecule has 2 rings (SSSR count). The van der Waals surface area contributed by atoms with Crippen molar-refractivity contribution in [3.63, 3.8) is 0 Å². The van der Waals surface area contributed by atoms with Crippen LogP contribution in [0.5, 0.6) is 0 Å². The van der Waals surface area contributed by atoms with Crippen molar-refractivity contribution in [1.82, 2.24) is 4.72 Å². The molecule has 0 aromatic heterocycles. The summed E-state index contributed by atoms with van der Waals surface area (Å²) >= 11 is 5.65. The zero-order chi connectivity index (χ0) is 14.6. The Kier molecular flexibility index (Phi) is 5.43. The smallest absolute Gasteiger partial charge is 0.240 e. The number of sulfonamides is 1. The van der Waals surface area contributed by atoms with Gasteiger partial charge in [0.05, 0.1) is 11.0 Å². The van der Waals surface area contributed by atoms with Crippen molar-refractivity contribution in [3.8, 4) is 0 Å². The predicted octanol–water partition coefficient (Wildman–Crippen LogP) is 2.05. The van der Waals surface area contributed by atoms with Crippen molar-refractivity contribution in [2.24, 2.45) is 0 Å². The van der Waals surface area contributed by atoms with Crippen LogP contribution in [0, 0.1) is 0 Å². The average molecular weight is 318 g/mol. The van der Waals surface area contributed by atoms with Crippen LogP contribution in [0.3, 0.4) is 0 Å². The number of hydrogen-bond donors (Lipinski definition) is 2. The maximum absolute atomic E-state index is 12.3. The second-order valence-corrected chi connectivity index (χ2v) is 7.25. The van der Waals surface area contributed by atoms with Gasteiger partial charge in [0.2, 0.25) is 10.0 Å². The normalized spacial score (nSPS) is 23.7. The molecule has 2 N–H and O–H groups in total. The molecule has 1 aromatic rings. The van der Waals surface area contributed by atoms with Crippen molar-refractivity contribution in [1.29, 1.82) is 0 Å². The molecule has 1 aliphatic rings. The van der Waals surface area contributed by atoms with E-state index in [0.717, 1.165) is 24.8 Å². The summed E-state index contributed by atoms with van der Waals surface area (Å²) in [5.74, 6) is 0.513. The van der Waals surface area contributed by atoms with E-state index in [1.165, 1.54) is 0 Å². The lowest BCUT2D eigenvalue weighted by atomic mass is 9.93. The van der Waals surface area contributed by atoms with Crippen LogP contribution in [0.25, 0.3) is 0 Å². The molecule has 0 spiro atoms. The fraction of sp³-hybridized carbons (Fsp3) is 0.571. The molecule has 0 bridgehead atoms. The first kappa shape index (κ1) is 15.8. The number of aliphatic hydroxyl groups is 1. The molecule has 4 nitrogen and oxygen atoms in total. The van der Waals surface area contributed by atoms with E-state index in [-0.39, 0.29) is 10.9 Å². The highest BCUT2D eigenvalue weighted by Gasteiger charge is 2.27. The monoisotopic (exact) mass is 317 g/mol. The van der Waals surface area contributed by atoms with Gasteiger partial charge < -0.3 is 5.11 Å². The zero-order valence-electron chi connectivity index (χ0n) is 11.3. The summed E-state index contributed by atoms with van der Waals surface area (Å²) < 4.78 is 27.1. The molecule has 0 saturated heterocycles. The fourth-order valence-electron chi connectivity index (χ4n) is 2.46. The topological polar surface area (TPSA) is 66.4 Å². The van der Waals surface area contributed by atoms with E-state index in [1.807, 2.05) is 0 Å². The van der Waals surface area contributed by atoms with Crippen molar-refractivity contribution in [2.45, 2.75) is 49.1 Å². The van der Waals surface area contributed by atoms with Crippen molar-refractivity contribution < 1.29 is 13.5 Å². The molecule has 2 unspecified atom stereocenters. The Balaban J connectivity index is 2.09. The number of halogens is 1. The van der Waals surface area contributed by atoms with Gasteiger partial charge in [-0.1, -0.05) is 25.0 Å². The van der Waals surface area contributed by atoms with Crippen molar-refractivity contribution >= 4 is 21.6 Å². The molecule has 1 aromatic carbocycles. The van der Waals surface area contributed by atoms with E-state index in [2.05, 4.69) is 4.72 Å². The Labute approximate surface area is 125 Å². The van der Waals surface area contributed by atoms with Gasteiger partial charge in [-0.3, -0.25) is 0 Å². The average Bonchev–Trinajstić information content (AvgIpc) is 2.42. The van der Waals surface area contributed by atoms with E-state index in [4.69, 9.17) is 11.6 Å². The van der Waals surface area contributed by atoms with E-state index in [9.17, 15) is 13.5 Å². The van der Waals surface area contributed by atoms with Crippen LogP contribution in [0.4, 0.5) is 0 Å². The third-order valence-electron chi connectivity index (χ3n) is 3.65. The quantitative estimate of drug-likeness (QED) is 0.817. The molecule has 20 heavy (non-hydrogen) atoms. The Morgan fingerprint density at radius 2 is 1.85 bits per heavy atom. The van der Waals surface area contributed by atoms with E-state index in [0.29, 0.717) is 18.7 Å². The summed E-state index contributed by atoms with van der Waals surface area (Å²) in [6.45, 7) is 0. The van der Waals surface area contributed by atoms with Gasteiger partial charge in [-0.25, -0.2) is 13.1 Å². The molecular formula is C14H20ClNO3S. The van der Waals surface area contributed by atoms with Crippen LogP contribution in [0.1, 0.15) is 31.2 Å². The lowest BCUT2D eigenvalue weighted by Crippen LogP contribution is -2.44. The minimum absolute atomic E-state index is 0.230. The molecular weight excluding hydrogens is 298 g/mol. The molecule has 6 heteroatoms. The molecule has 0 amide bonds. The van der Waals surface area contributed by atoms with Crippen molar-refractivity contribution in [2.75, 3.05) is 5.88 Å². The lowest BCUT2D eigenvalue weighted by Gasteiger charge is -2.28. The molecule has 1 aliphatic carbocycles. The summed E-state index contributed by atoms with van der Waals surface area (Å²) in [7, 11) is -3.57. The van der Waals surface area contributed by atoms with Gasteiger partial charge >= 0.3 is 0 Å². The predicted molar refractivity (Wildman–Crippen MR) is 79.5 cm³/mol. The maximum atomic E-state index is 12.3. The fourth-order valence-corrected chi connectivity index (χ4v) is 3.98. The Morgan fingerprint density at radius 1 is 1.20 bits per heavy atom. The minimum atomic E-state index is -3.57. The number of hydrogen-bond acceptors (Lipinski definition) is 3. The summed E-state index contributed by atoms with van der Waals surface area (Å²) in [5, 5.41) is 9.85. The van der Waals surface area contributed by atoms with E-state index in [1.54, 1.807) is 24.3 Å². The lowest BCUT2D eigenvalue weighted by molar-refractivity contribution is 0.101. The number of aliphatic hydroxyl groups excluding tert-OH is 1. The van der Waals surface area contributed by atoms with Gasteiger partial charge in [0.1, 0.15) is 0 Å². The molecule has 0 radical (unpaired) electrons. The van der Waals surface area contributed by atoms with Crippen LogP contribution in [0.2, 0.25) is 0 Å².